The molecule has 380 valence electrons. The standard InChI is InChI=1S/C58H112O6/c1-7-54(6)46-40-34-28-22-18-14-12-10-8-9-11-13-15-19-23-29-35-41-47-56(59)62-50-55(64-58(61)49-43-37-31-25-27-33-39-45-53(4)5)51-63-57(60)48-42-36-30-24-20-16-17-21-26-32-38-44-52(2)3/h52-55H,7-51H2,1-6H3/t54?,55-/m1/s1. The summed E-state index contributed by atoms with van der Waals surface area (Å²) in [6.07, 6.45) is 51.1. The molecular weight excluding hydrogens is 793 g/mol. The molecule has 0 saturated carbocycles. The number of esters is 3. The van der Waals surface area contributed by atoms with Gasteiger partial charge in [-0.05, 0) is 37.0 Å². The van der Waals surface area contributed by atoms with E-state index in [4.69, 9.17) is 14.2 Å². The Labute approximate surface area is 399 Å². The fourth-order valence-electron chi connectivity index (χ4n) is 8.79. The lowest BCUT2D eigenvalue weighted by Crippen LogP contribution is -2.30. The van der Waals surface area contributed by atoms with E-state index < -0.39 is 6.10 Å². The number of unbranched alkanes of at least 4 members (excludes halogenated alkanes) is 33. The zero-order valence-corrected chi connectivity index (χ0v) is 44.1. The number of rotatable bonds is 51. The Hall–Kier alpha value is -1.59. The first-order chi connectivity index (χ1) is 31.1. The van der Waals surface area contributed by atoms with E-state index >= 15 is 0 Å². The first-order valence-electron chi connectivity index (χ1n) is 28.6. The third kappa shape index (κ3) is 49.8. The topological polar surface area (TPSA) is 78.9 Å². The van der Waals surface area contributed by atoms with E-state index in [0.29, 0.717) is 19.3 Å². The highest BCUT2D eigenvalue weighted by Gasteiger charge is 2.19. The first-order valence-corrected chi connectivity index (χ1v) is 28.6. The van der Waals surface area contributed by atoms with Gasteiger partial charge in [0, 0.05) is 19.3 Å². The van der Waals surface area contributed by atoms with Crippen LogP contribution in [0.5, 0.6) is 0 Å². The van der Waals surface area contributed by atoms with Crippen LogP contribution >= 0.6 is 0 Å². The van der Waals surface area contributed by atoms with Crippen LogP contribution < -0.4 is 0 Å². The zero-order valence-electron chi connectivity index (χ0n) is 44.1. The van der Waals surface area contributed by atoms with Crippen LogP contribution in [0.2, 0.25) is 0 Å². The Kier molecular flexibility index (Phi) is 48.1. The maximum Gasteiger partial charge on any atom is 0.306 e. The molecule has 6 heteroatoms. The van der Waals surface area contributed by atoms with E-state index in [-0.39, 0.29) is 31.1 Å². The molecule has 0 amide bonds. The van der Waals surface area contributed by atoms with Crippen LogP contribution in [-0.4, -0.2) is 37.2 Å². The molecule has 6 nitrogen and oxygen atoms in total. The van der Waals surface area contributed by atoms with Gasteiger partial charge in [-0.2, -0.15) is 0 Å². The average Bonchev–Trinajstić information content (AvgIpc) is 3.27. The van der Waals surface area contributed by atoms with Gasteiger partial charge in [-0.1, -0.05) is 279 Å². The molecule has 64 heavy (non-hydrogen) atoms. The molecule has 0 spiro atoms. The molecule has 0 radical (unpaired) electrons. The van der Waals surface area contributed by atoms with Gasteiger partial charge < -0.3 is 14.2 Å². The summed E-state index contributed by atoms with van der Waals surface area (Å²) < 4.78 is 16.8. The van der Waals surface area contributed by atoms with Crippen molar-refractivity contribution in [2.24, 2.45) is 17.8 Å². The van der Waals surface area contributed by atoms with Crippen LogP contribution in [0, 0.1) is 17.8 Å². The zero-order chi connectivity index (χ0) is 47.0. The summed E-state index contributed by atoms with van der Waals surface area (Å²) in [7, 11) is 0. The third-order valence-corrected chi connectivity index (χ3v) is 13.5. The molecule has 0 aromatic heterocycles. The van der Waals surface area contributed by atoms with Gasteiger partial charge in [0.2, 0.25) is 0 Å². The average molecular weight is 906 g/mol. The minimum absolute atomic E-state index is 0.0646. The Morgan fingerprint density at radius 1 is 0.312 bits per heavy atom. The molecule has 0 aliphatic heterocycles. The number of ether oxygens (including phenoxy) is 3. The minimum atomic E-state index is -0.763. The van der Waals surface area contributed by atoms with Gasteiger partial charge in [-0.25, -0.2) is 0 Å². The van der Waals surface area contributed by atoms with Crippen LogP contribution in [0.25, 0.3) is 0 Å². The normalized spacial score (nSPS) is 12.6. The van der Waals surface area contributed by atoms with Crippen LogP contribution in [0.1, 0.15) is 318 Å². The molecule has 1 unspecified atom stereocenters. The Bertz CT molecular complexity index is 993. The summed E-state index contributed by atoms with van der Waals surface area (Å²) in [5.41, 5.74) is 0. The lowest BCUT2D eigenvalue weighted by molar-refractivity contribution is -0.167. The molecule has 0 fully saturated rings. The minimum Gasteiger partial charge on any atom is -0.462 e. The molecule has 0 rings (SSSR count). The van der Waals surface area contributed by atoms with Gasteiger partial charge in [-0.15, -0.1) is 0 Å². The summed E-state index contributed by atoms with van der Waals surface area (Å²) in [4.78, 5) is 38.0. The van der Waals surface area contributed by atoms with E-state index in [0.717, 1.165) is 75.5 Å². The molecule has 0 aliphatic carbocycles. The molecule has 0 aromatic rings. The summed E-state index contributed by atoms with van der Waals surface area (Å²) in [5.74, 6) is 1.66. The highest BCUT2D eigenvalue weighted by atomic mass is 16.6. The monoisotopic (exact) mass is 905 g/mol. The van der Waals surface area contributed by atoms with Crippen molar-refractivity contribution < 1.29 is 28.6 Å². The van der Waals surface area contributed by atoms with Gasteiger partial charge in [0.15, 0.2) is 6.10 Å². The molecule has 2 atom stereocenters. The third-order valence-electron chi connectivity index (χ3n) is 13.5. The van der Waals surface area contributed by atoms with Crippen LogP contribution in [0.3, 0.4) is 0 Å². The fourth-order valence-corrected chi connectivity index (χ4v) is 8.79. The second-order valence-corrected chi connectivity index (χ2v) is 21.1. The van der Waals surface area contributed by atoms with Crippen LogP contribution in [0.4, 0.5) is 0 Å². The largest absolute Gasteiger partial charge is 0.462 e. The second kappa shape index (κ2) is 49.3. The van der Waals surface area contributed by atoms with Crippen molar-refractivity contribution in [1.82, 2.24) is 0 Å². The smallest absolute Gasteiger partial charge is 0.306 e. The van der Waals surface area contributed by atoms with E-state index in [1.54, 1.807) is 0 Å². The summed E-state index contributed by atoms with van der Waals surface area (Å²) in [5, 5.41) is 0. The van der Waals surface area contributed by atoms with E-state index in [9.17, 15) is 14.4 Å². The molecular formula is C58H112O6. The molecule has 0 N–H and O–H groups in total. The van der Waals surface area contributed by atoms with Crippen molar-refractivity contribution in [3.05, 3.63) is 0 Å². The molecule has 0 bridgehead atoms. The van der Waals surface area contributed by atoms with Crippen molar-refractivity contribution in [1.29, 1.82) is 0 Å². The van der Waals surface area contributed by atoms with Crippen molar-refractivity contribution >= 4 is 17.9 Å². The summed E-state index contributed by atoms with van der Waals surface area (Å²) in [6.45, 7) is 13.7. The molecule has 0 saturated heterocycles. The van der Waals surface area contributed by atoms with Gasteiger partial charge in [-0.3, -0.25) is 14.4 Å². The predicted octanol–water partition coefficient (Wildman–Crippen LogP) is 18.7. The highest BCUT2D eigenvalue weighted by Crippen LogP contribution is 2.19. The van der Waals surface area contributed by atoms with Gasteiger partial charge >= 0.3 is 17.9 Å². The molecule has 0 aromatic carbocycles. The van der Waals surface area contributed by atoms with Crippen LogP contribution in [0.15, 0.2) is 0 Å². The Morgan fingerprint density at radius 2 is 0.547 bits per heavy atom. The van der Waals surface area contributed by atoms with Crippen molar-refractivity contribution in [3.63, 3.8) is 0 Å². The van der Waals surface area contributed by atoms with Gasteiger partial charge in [0.25, 0.3) is 0 Å². The number of carbonyl (C=O) groups is 3. The van der Waals surface area contributed by atoms with Crippen molar-refractivity contribution in [2.75, 3.05) is 13.2 Å². The summed E-state index contributed by atoms with van der Waals surface area (Å²) in [6, 6.07) is 0. The fraction of sp³-hybridized carbons (Fsp3) is 0.948. The maximum atomic E-state index is 12.8. The predicted molar refractivity (Wildman–Crippen MR) is 275 cm³/mol. The number of carbonyl (C=O) groups excluding carboxylic acids is 3. The second-order valence-electron chi connectivity index (χ2n) is 21.1. The Balaban J connectivity index is 4.18. The quantitative estimate of drug-likeness (QED) is 0.0344. The van der Waals surface area contributed by atoms with E-state index in [2.05, 4.69) is 41.5 Å². The highest BCUT2D eigenvalue weighted by molar-refractivity contribution is 5.71. The molecule has 0 aliphatic rings. The number of hydrogen-bond donors (Lipinski definition) is 0. The van der Waals surface area contributed by atoms with Crippen LogP contribution in [-0.2, 0) is 28.6 Å². The lowest BCUT2D eigenvalue weighted by Gasteiger charge is -2.18. The maximum absolute atomic E-state index is 12.8. The van der Waals surface area contributed by atoms with Crippen molar-refractivity contribution in [3.8, 4) is 0 Å². The lowest BCUT2D eigenvalue weighted by atomic mass is 9.99. The number of hydrogen-bond acceptors (Lipinski definition) is 6. The van der Waals surface area contributed by atoms with Gasteiger partial charge in [0.1, 0.15) is 13.2 Å². The Morgan fingerprint density at radius 3 is 0.812 bits per heavy atom. The van der Waals surface area contributed by atoms with E-state index in [1.165, 1.54) is 199 Å². The summed E-state index contributed by atoms with van der Waals surface area (Å²) >= 11 is 0. The van der Waals surface area contributed by atoms with Gasteiger partial charge in [0.05, 0.1) is 0 Å². The van der Waals surface area contributed by atoms with Crippen molar-refractivity contribution in [2.45, 2.75) is 324 Å². The SMILES string of the molecule is CCC(C)CCCCCCCCCCCCCCCCCCCCC(=O)OC[C@H](COC(=O)CCCCCCCCCCCCCC(C)C)OC(=O)CCCCCCCCCC(C)C. The van der Waals surface area contributed by atoms with E-state index in [1.807, 2.05) is 0 Å². The molecule has 0 heterocycles. The first kappa shape index (κ1) is 62.4.